The maximum atomic E-state index is 10.6. The van der Waals surface area contributed by atoms with E-state index in [9.17, 15) is 10.2 Å². The Hall–Kier alpha value is -1.06. The summed E-state index contributed by atoms with van der Waals surface area (Å²) in [5, 5.41) is 24.0. The lowest BCUT2D eigenvalue weighted by Crippen LogP contribution is -2.41. The molecule has 2 rings (SSSR count). The van der Waals surface area contributed by atoms with Gasteiger partial charge in [-0.2, -0.15) is 0 Å². The summed E-state index contributed by atoms with van der Waals surface area (Å²) in [6.45, 7) is 4.66. The minimum absolute atomic E-state index is 0.0437. The molecule has 1 unspecified atom stereocenters. The molecule has 0 aliphatic heterocycles. The Morgan fingerprint density at radius 1 is 1.20 bits per heavy atom. The van der Waals surface area contributed by atoms with Gasteiger partial charge in [0.2, 0.25) is 0 Å². The van der Waals surface area contributed by atoms with E-state index < -0.39 is 5.60 Å². The predicted octanol–water partition coefficient (Wildman–Crippen LogP) is 3.44. The number of phenols is 1. The van der Waals surface area contributed by atoms with Crippen molar-refractivity contribution in [2.75, 3.05) is 6.54 Å². The molecule has 1 aromatic rings. The first-order chi connectivity index (χ1) is 9.50. The second kappa shape index (κ2) is 6.59. The molecule has 3 heteroatoms. The van der Waals surface area contributed by atoms with Crippen LogP contribution in [0.25, 0.3) is 0 Å². The van der Waals surface area contributed by atoms with Crippen LogP contribution >= 0.6 is 0 Å². The second-order valence-corrected chi connectivity index (χ2v) is 6.30. The van der Waals surface area contributed by atoms with Gasteiger partial charge < -0.3 is 15.5 Å². The first-order valence-electron chi connectivity index (χ1n) is 7.75. The lowest BCUT2D eigenvalue weighted by molar-refractivity contribution is 0.0231. The van der Waals surface area contributed by atoms with Crippen LogP contribution in [0.15, 0.2) is 18.2 Å². The van der Waals surface area contributed by atoms with E-state index >= 15 is 0 Å². The molecule has 0 spiro atoms. The van der Waals surface area contributed by atoms with Gasteiger partial charge in [-0.25, -0.2) is 0 Å². The highest BCUT2D eigenvalue weighted by Gasteiger charge is 2.28. The summed E-state index contributed by atoms with van der Waals surface area (Å²) in [6.07, 6.45) is 6.45. The van der Waals surface area contributed by atoms with Gasteiger partial charge in [-0.15, -0.1) is 0 Å². The Bertz CT molecular complexity index is 437. The van der Waals surface area contributed by atoms with Crippen molar-refractivity contribution < 1.29 is 10.2 Å². The molecule has 20 heavy (non-hydrogen) atoms. The number of aryl methyl sites for hydroxylation is 1. The van der Waals surface area contributed by atoms with Gasteiger partial charge in [-0.1, -0.05) is 43.4 Å². The highest BCUT2D eigenvalue weighted by molar-refractivity contribution is 5.37. The highest BCUT2D eigenvalue weighted by atomic mass is 16.3. The van der Waals surface area contributed by atoms with Crippen LogP contribution in [-0.2, 0) is 0 Å². The summed E-state index contributed by atoms with van der Waals surface area (Å²) in [5.41, 5.74) is 1.46. The van der Waals surface area contributed by atoms with Crippen molar-refractivity contribution in [1.29, 1.82) is 0 Å². The highest BCUT2D eigenvalue weighted by Crippen LogP contribution is 2.29. The van der Waals surface area contributed by atoms with Crippen molar-refractivity contribution in [3.8, 4) is 5.75 Å². The molecule has 112 valence electrons. The van der Waals surface area contributed by atoms with Crippen LogP contribution in [0.1, 0.15) is 62.6 Å². The van der Waals surface area contributed by atoms with Crippen LogP contribution in [0.5, 0.6) is 5.75 Å². The number of hydrogen-bond donors (Lipinski definition) is 3. The van der Waals surface area contributed by atoms with Crippen LogP contribution < -0.4 is 5.32 Å². The van der Waals surface area contributed by atoms with Crippen molar-refractivity contribution in [3.05, 3.63) is 29.3 Å². The predicted molar refractivity (Wildman–Crippen MR) is 81.9 cm³/mol. The Labute approximate surface area is 122 Å². The van der Waals surface area contributed by atoms with E-state index in [4.69, 9.17) is 0 Å². The summed E-state index contributed by atoms with van der Waals surface area (Å²) >= 11 is 0. The number of rotatable bonds is 4. The number of aliphatic hydroxyl groups is 1. The summed E-state index contributed by atoms with van der Waals surface area (Å²) in [5.74, 6) is 0.323. The quantitative estimate of drug-likeness (QED) is 0.739. The number of phenolic OH excluding ortho intramolecular Hbond substituents is 1. The van der Waals surface area contributed by atoms with Gasteiger partial charge in [-0.3, -0.25) is 0 Å². The maximum absolute atomic E-state index is 10.6. The molecule has 1 aliphatic carbocycles. The molecule has 0 heterocycles. The molecule has 1 saturated carbocycles. The van der Waals surface area contributed by atoms with E-state index in [1.165, 1.54) is 12.8 Å². The van der Waals surface area contributed by atoms with Crippen LogP contribution in [0.3, 0.4) is 0 Å². The molecule has 0 saturated heterocycles. The third-order valence-corrected chi connectivity index (χ3v) is 4.42. The number of benzene rings is 1. The maximum Gasteiger partial charge on any atom is 0.120 e. The molecular formula is C17H27NO2. The van der Waals surface area contributed by atoms with Gasteiger partial charge in [0.1, 0.15) is 5.75 Å². The Morgan fingerprint density at radius 3 is 2.50 bits per heavy atom. The van der Waals surface area contributed by atoms with Crippen molar-refractivity contribution in [2.45, 2.75) is 64.0 Å². The standard InChI is InChI=1S/C17H27NO2/c1-13-7-8-16(19)15(11-13)14(2)18-12-17(20)9-5-3-4-6-10-17/h7-8,11,14,18-20H,3-6,9-10,12H2,1-2H3. The Kier molecular flexibility index (Phi) is 5.06. The minimum Gasteiger partial charge on any atom is -0.508 e. The third kappa shape index (κ3) is 3.97. The molecule has 0 bridgehead atoms. The van der Waals surface area contributed by atoms with Gasteiger partial charge in [0.05, 0.1) is 5.60 Å². The van der Waals surface area contributed by atoms with Crippen molar-refractivity contribution in [1.82, 2.24) is 5.32 Å². The third-order valence-electron chi connectivity index (χ3n) is 4.42. The van der Waals surface area contributed by atoms with Gasteiger partial charge in [0.15, 0.2) is 0 Å². The fraction of sp³-hybridized carbons (Fsp3) is 0.647. The van der Waals surface area contributed by atoms with Crippen LogP contribution in [0, 0.1) is 6.92 Å². The molecule has 1 fully saturated rings. The average Bonchev–Trinajstić information content (AvgIpc) is 2.64. The second-order valence-electron chi connectivity index (χ2n) is 6.30. The van der Waals surface area contributed by atoms with Crippen LogP contribution in [0.2, 0.25) is 0 Å². The van der Waals surface area contributed by atoms with Crippen LogP contribution in [-0.4, -0.2) is 22.4 Å². The fourth-order valence-electron chi connectivity index (χ4n) is 3.04. The van der Waals surface area contributed by atoms with E-state index in [1.807, 2.05) is 26.0 Å². The Morgan fingerprint density at radius 2 is 1.85 bits per heavy atom. The molecular weight excluding hydrogens is 250 g/mol. The van der Waals surface area contributed by atoms with Crippen molar-refractivity contribution >= 4 is 0 Å². The minimum atomic E-state index is -0.579. The number of hydrogen-bond acceptors (Lipinski definition) is 3. The van der Waals surface area contributed by atoms with E-state index in [0.29, 0.717) is 12.3 Å². The average molecular weight is 277 g/mol. The fourth-order valence-corrected chi connectivity index (χ4v) is 3.04. The lowest BCUT2D eigenvalue weighted by Gasteiger charge is -2.29. The van der Waals surface area contributed by atoms with Gasteiger partial charge in [-0.05, 0) is 32.8 Å². The molecule has 1 aromatic carbocycles. The smallest absolute Gasteiger partial charge is 0.120 e. The zero-order valence-corrected chi connectivity index (χ0v) is 12.7. The molecule has 3 nitrogen and oxygen atoms in total. The molecule has 0 radical (unpaired) electrons. The number of nitrogens with one attached hydrogen (secondary N) is 1. The monoisotopic (exact) mass is 277 g/mol. The molecule has 1 atom stereocenters. The van der Waals surface area contributed by atoms with E-state index in [1.54, 1.807) is 6.07 Å². The lowest BCUT2D eigenvalue weighted by atomic mass is 9.93. The SMILES string of the molecule is Cc1ccc(O)c(C(C)NCC2(O)CCCCCC2)c1. The Balaban J connectivity index is 1.97. The zero-order chi connectivity index (χ0) is 14.6. The summed E-state index contributed by atoms with van der Waals surface area (Å²) < 4.78 is 0. The van der Waals surface area contributed by atoms with Gasteiger partial charge in [0, 0.05) is 18.2 Å². The molecule has 0 amide bonds. The van der Waals surface area contributed by atoms with Gasteiger partial charge in [0.25, 0.3) is 0 Å². The topological polar surface area (TPSA) is 52.5 Å². The van der Waals surface area contributed by atoms with E-state index in [2.05, 4.69) is 5.32 Å². The molecule has 1 aliphatic rings. The van der Waals surface area contributed by atoms with E-state index in [-0.39, 0.29) is 6.04 Å². The first kappa shape index (κ1) is 15.3. The van der Waals surface area contributed by atoms with Crippen molar-refractivity contribution in [3.63, 3.8) is 0 Å². The van der Waals surface area contributed by atoms with Gasteiger partial charge >= 0.3 is 0 Å². The first-order valence-corrected chi connectivity index (χ1v) is 7.75. The largest absolute Gasteiger partial charge is 0.508 e. The number of aromatic hydroxyl groups is 1. The van der Waals surface area contributed by atoms with E-state index in [0.717, 1.165) is 36.8 Å². The summed E-state index contributed by atoms with van der Waals surface area (Å²) in [4.78, 5) is 0. The van der Waals surface area contributed by atoms with Crippen LogP contribution in [0.4, 0.5) is 0 Å². The zero-order valence-electron chi connectivity index (χ0n) is 12.7. The van der Waals surface area contributed by atoms with Crippen molar-refractivity contribution in [2.24, 2.45) is 0 Å². The normalized spacial score (nSPS) is 20.4. The summed E-state index contributed by atoms with van der Waals surface area (Å²) in [7, 11) is 0. The molecule has 0 aromatic heterocycles. The summed E-state index contributed by atoms with van der Waals surface area (Å²) in [6, 6.07) is 5.69. The molecule has 3 N–H and O–H groups in total.